The number of hydrogen-bond donors (Lipinski definition) is 2. The van der Waals surface area contributed by atoms with Gasteiger partial charge in [0.15, 0.2) is 5.54 Å². The highest BCUT2D eigenvalue weighted by atomic mass is 35.5. The van der Waals surface area contributed by atoms with Crippen molar-refractivity contribution in [3.63, 3.8) is 0 Å². The smallest absolute Gasteiger partial charge is 0.333 e. The minimum absolute atomic E-state index is 0.313. The third kappa shape index (κ3) is 3.14. The van der Waals surface area contributed by atoms with Gasteiger partial charge in [-0.05, 0) is 37.6 Å². The summed E-state index contributed by atoms with van der Waals surface area (Å²) in [5, 5.41) is 13.5. The van der Waals surface area contributed by atoms with E-state index in [9.17, 15) is 9.90 Å². The maximum Gasteiger partial charge on any atom is 0.333 e. The van der Waals surface area contributed by atoms with Crippen LogP contribution in [-0.4, -0.2) is 11.1 Å². The fourth-order valence-corrected chi connectivity index (χ4v) is 2.71. The molecule has 0 fully saturated rings. The van der Waals surface area contributed by atoms with Crippen molar-refractivity contribution < 1.29 is 9.90 Å². The topological polar surface area (TPSA) is 49.3 Å². The molecule has 0 aliphatic carbocycles. The van der Waals surface area contributed by atoms with Crippen molar-refractivity contribution in [3.8, 4) is 0 Å². The van der Waals surface area contributed by atoms with E-state index in [1.54, 1.807) is 25.1 Å². The maximum atomic E-state index is 11.8. The molecule has 2 N–H and O–H groups in total. The molecule has 0 bridgehead atoms. The van der Waals surface area contributed by atoms with Crippen LogP contribution in [0, 0.1) is 6.92 Å². The van der Waals surface area contributed by atoms with Crippen molar-refractivity contribution in [3.05, 3.63) is 63.6 Å². The number of aryl methyl sites for hydroxylation is 1. The Morgan fingerprint density at radius 3 is 2.43 bits per heavy atom. The van der Waals surface area contributed by atoms with Crippen LogP contribution < -0.4 is 5.32 Å². The molecule has 1 unspecified atom stereocenters. The number of para-hydroxylation sites is 1. The molecule has 2 aromatic rings. The van der Waals surface area contributed by atoms with Gasteiger partial charge < -0.3 is 10.4 Å². The molecule has 110 valence electrons. The second kappa shape index (κ2) is 5.96. The van der Waals surface area contributed by atoms with Crippen LogP contribution in [0.5, 0.6) is 0 Å². The van der Waals surface area contributed by atoms with Gasteiger partial charge in [-0.3, -0.25) is 0 Å². The average Bonchev–Trinajstić information content (AvgIpc) is 2.41. The Balaban J connectivity index is 2.51. The van der Waals surface area contributed by atoms with E-state index in [1.807, 2.05) is 31.2 Å². The summed E-state index contributed by atoms with van der Waals surface area (Å²) >= 11 is 12.1. The largest absolute Gasteiger partial charge is 0.479 e. The van der Waals surface area contributed by atoms with Gasteiger partial charge in [-0.2, -0.15) is 0 Å². The Kier molecular flexibility index (Phi) is 4.45. The van der Waals surface area contributed by atoms with Gasteiger partial charge in [-0.25, -0.2) is 4.79 Å². The maximum absolute atomic E-state index is 11.8. The van der Waals surface area contributed by atoms with E-state index in [2.05, 4.69) is 5.32 Å². The van der Waals surface area contributed by atoms with Gasteiger partial charge >= 0.3 is 5.97 Å². The minimum atomic E-state index is -1.35. The van der Waals surface area contributed by atoms with Crippen molar-refractivity contribution in [1.29, 1.82) is 0 Å². The van der Waals surface area contributed by atoms with Crippen molar-refractivity contribution >= 4 is 34.9 Å². The molecule has 5 heteroatoms. The summed E-state index contributed by atoms with van der Waals surface area (Å²) in [6.07, 6.45) is 0. The van der Waals surface area contributed by atoms with Gasteiger partial charge in [0.05, 0.1) is 0 Å². The van der Waals surface area contributed by atoms with E-state index in [0.717, 1.165) is 11.3 Å². The van der Waals surface area contributed by atoms with Crippen LogP contribution in [0.2, 0.25) is 10.0 Å². The Morgan fingerprint density at radius 2 is 1.86 bits per heavy atom. The number of carbonyl (C=O) groups is 1. The molecule has 2 aromatic carbocycles. The lowest BCUT2D eigenvalue weighted by atomic mass is 9.91. The lowest BCUT2D eigenvalue weighted by Gasteiger charge is -2.29. The van der Waals surface area contributed by atoms with E-state index in [0.29, 0.717) is 15.6 Å². The molecule has 0 spiro atoms. The van der Waals surface area contributed by atoms with Crippen LogP contribution in [0.25, 0.3) is 0 Å². The molecule has 0 amide bonds. The highest BCUT2D eigenvalue weighted by Crippen LogP contribution is 2.34. The van der Waals surface area contributed by atoms with Gasteiger partial charge in [-0.1, -0.05) is 47.5 Å². The Labute approximate surface area is 133 Å². The number of aliphatic carboxylic acids is 1. The van der Waals surface area contributed by atoms with Crippen LogP contribution in [0.3, 0.4) is 0 Å². The minimum Gasteiger partial charge on any atom is -0.479 e. The fraction of sp³-hybridized carbons (Fsp3) is 0.188. The number of carboxylic acid groups (broad SMARTS) is 1. The highest BCUT2D eigenvalue weighted by Gasteiger charge is 2.37. The first-order valence-electron chi connectivity index (χ1n) is 6.37. The Morgan fingerprint density at radius 1 is 1.19 bits per heavy atom. The third-order valence-electron chi connectivity index (χ3n) is 3.43. The van der Waals surface area contributed by atoms with E-state index in [4.69, 9.17) is 23.2 Å². The zero-order valence-corrected chi connectivity index (χ0v) is 13.2. The van der Waals surface area contributed by atoms with Crippen LogP contribution in [0.4, 0.5) is 5.69 Å². The molecule has 0 aliphatic heterocycles. The summed E-state index contributed by atoms with van der Waals surface area (Å²) in [5.74, 6) is -1.02. The van der Waals surface area contributed by atoms with Gasteiger partial charge in [0.25, 0.3) is 0 Å². The SMILES string of the molecule is Cc1ccccc1NC(C)(C(=O)O)c1ccc(Cl)cc1Cl. The van der Waals surface area contributed by atoms with Crippen molar-refractivity contribution in [2.45, 2.75) is 19.4 Å². The van der Waals surface area contributed by atoms with E-state index in [1.165, 1.54) is 0 Å². The molecule has 21 heavy (non-hydrogen) atoms. The normalized spacial score (nSPS) is 13.5. The molecule has 0 saturated carbocycles. The summed E-state index contributed by atoms with van der Waals surface area (Å²) < 4.78 is 0. The number of carboxylic acids is 1. The van der Waals surface area contributed by atoms with E-state index < -0.39 is 11.5 Å². The predicted octanol–water partition coefficient (Wildman–Crippen LogP) is 4.71. The molecule has 0 aliphatic rings. The number of nitrogens with one attached hydrogen (secondary N) is 1. The summed E-state index contributed by atoms with van der Waals surface area (Å²) in [6, 6.07) is 12.3. The molecule has 0 heterocycles. The number of benzene rings is 2. The number of hydrogen-bond acceptors (Lipinski definition) is 2. The first-order valence-corrected chi connectivity index (χ1v) is 7.13. The summed E-state index contributed by atoms with van der Waals surface area (Å²) in [6.45, 7) is 3.49. The van der Waals surface area contributed by atoms with Crippen molar-refractivity contribution in [2.75, 3.05) is 5.32 Å². The molecule has 0 saturated heterocycles. The van der Waals surface area contributed by atoms with E-state index >= 15 is 0 Å². The summed E-state index contributed by atoms with van der Waals surface area (Å²) in [4.78, 5) is 11.8. The zero-order chi connectivity index (χ0) is 15.6. The van der Waals surface area contributed by atoms with Crippen LogP contribution in [0.1, 0.15) is 18.1 Å². The highest BCUT2D eigenvalue weighted by molar-refractivity contribution is 6.35. The van der Waals surface area contributed by atoms with Crippen LogP contribution >= 0.6 is 23.2 Å². The average molecular weight is 324 g/mol. The van der Waals surface area contributed by atoms with Gasteiger partial charge in [0.2, 0.25) is 0 Å². The second-order valence-corrected chi connectivity index (χ2v) is 5.84. The third-order valence-corrected chi connectivity index (χ3v) is 3.98. The molecule has 0 aromatic heterocycles. The summed E-state index contributed by atoms with van der Waals surface area (Å²) in [5.41, 5.74) is 0.807. The van der Waals surface area contributed by atoms with Crippen molar-refractivity contribution in [1.82, 2.24) is 0 Å². The zero-order valence-electron chi connectivity index (χ0n) is 11.7. The molecule has 3 nitrogen and oxygen atoms in total. The quantitative estimate of drug-likeness (QED) is 0.856. The first-order chi connectivity index (χ1) is 9.84. The van der Waals surface area contributed by atoms with Gasteiger partial charge in [-0.15, -0.1) is 0 Å². The molecule has 0 radical (unpaired) electrons. The van der Waals surface area contributed by atoms with Gasteiger partial charge in [0, 0.05) is 21.3 Å². The monoisotopic (exact) mass is 323 g/mol. The number of rotatable bonds is 4. The molecular weight excluding hydrogens is 309 g/mol. The second-order valence-electron chi connectivity index (χ2n) is 4.99. The summed E-state index contributed by atoms with van der Waals surface area (Å²) in [7, 11) is 0. The molecule has 2 rings (SSSR count). The predicted molar refractivity (Wildman–Crippen MR) is 86.3 cm³/mol. The van der Waals surface area contributed by atoms with Crippen molar-refractivity contribution in [2.24, 2.45) is 0 Å². The van der Waals surface area contributed by atoms with Crippen LogP contribution in [0.15, 0.2) is 42.5 Å². The molecular formula is C16H15Cl2NO2. The molecule has 1 atom stereocenters. The first kappa shape index (κ1) is 15.7. The fourth-order valence-electron chi connectivity index (χ4n) is 2.11. The number of halogens is 2. The standard InChI is InChI=1S/C16H15Cl2NO2/c1-10-5-3-4-6-14(10)19-16(2,15(20)21)12-8-7-11(17)9-13(12)18/h3-9,19H,1-2H3,(H,20,21). The lowest BCUT2D eigenvalue weighted by Crippen LogP contribution is -2.41. The van der Waals surface area contributed by atoms with E-state index in [-0.39, 0.29) is 0 Å². The number of anilines is 1. The Hall–Kier alpha value is -1.71. The lowest BCUT2D eigenvalue weighted by molar-refractivity contribution is -0.142. The van der Waals surface area contributed by atoms with Crippen LogP contribution in [-0.2, 0) is 10.3 Å². The van der Waals surface area contributed by atoms with Gasteiger partial charge in [0.1, 0.15) is 0 Å². The Bertz CT molecular complexity index is 688.